The van der Waals surface area contributed by atoms with Gasteiger partial charge >= 0.3 is 13.8 Å². The molecule has 0 amide bonds. The number of phosphoric ester groups is 1. The fourth-order valence-corrected chi connectivity index (χ4v) is 5.31. The number of esters is 1. The van der Waals surface area contributed by atoms with Crippen LogP contribution >= 0.6 is 7.82 Å². The number of phosphoric acid groups is 1. The summed E-state index contributed by atoms with van der Waals surface area (Å²) in [5.74, 6) is -0.386. The van der Waals surface area contributed by atoms with E-state index in [9.17, 15) is 19.4 Å². The quantitative estimate of drug-likeness (QED) is 0.0296. The van der Waals surface area contributed by atoms with Gasteiger partial charge in [0.25, 0.3) is 0 Å². The fourth-order valence-electron chi connectivity index (χ4n) is 4.54. The van der Waals surface area contributed by atoms with Gasteiger partial charge in [-0.1, -0.05) is 128 Å². The molecule has 248 valence electrons. The van der Waals surface area contributed by atoms with Crippen LogP contribution in [0.4, 0.5) is 0 Å². The summed E-state index contributed by atoms with van der Waals surface area (Å²) < 4.78 is 25.7. The zero-order chi connectivity index (χ0) is 31.0. The van der Waals surface area contributed by atoms with Gasteiger partial charge in [-0.15, -0.1) is 0 Å². The Balaban J connectivity index is 3.36. The van der Waals surface area contributed by atoms with Crippen LogP contribution in [0.2, 0.25) is 0 Å². The molecule has 0 aromatic carbocycles. The summed E-state index contributed by atoms with van der Waals surface area (Å²) in [7, 11) is -4.25. The van der Waals surface area contributed by atoms with Crippen molar-refractivity contribution < 1.29 is 33.1 Å². The van der Waals surface area contributed by atoms with Gasteiger partial charge in [0.05, 0.1) is 13.2 Å². The molecule has 0 spiro atoms. The van der Waals surface area contributed by atoms with Gasteiger partial charge in [0, 0.05) is 13.0 Å². The predicted octanol–water partition coefficient (Wildman–Crippen LogP) is 8.70. The Morgan fingerprint density at radius 3 is 1.69 bits per heavy atom. The van der Waals surface area contributed by atoms with Gasteiger partial charge in [0.1, 0.15) is 12.7 Å². The van der Waals surface area contributed by atoms with Crippen LogP contribution in [0.15, 0.2) is 24.3 Å². The third-order valence-electron chi connectivity index (χ3n) is 7.07. The van der Waals surface area contributed by atoms with Gasteiger partial charge in [-0.05, 0) is 38.5 Å². The number of aliphatic hydroxyl groups is 1. The molecule has 42 heavy (non-hydrogen) atoms. The molecule has 4 N–H and O–H groups in total. The third-order valence-corrected chi connectivity index (χ3v) is 8.05. The number of rotatable bonds is 32. The molecule has 0 aliphatic rings. The molecule has 0 aromatic heterocycles. The van der Waals surface area contributed by atoms with Crippen LogP contribution < -0.4 is 5.73 Å². The number of carbonyl (C=O) groups is 1. The lowest BCUT2D eigenvalue weighted by molar-refractivity contribution is -0.147. The minimum atomic E-state index is -4.25. The number of nitrogens with two attached hydrogens (primary N) is 1. The molecule has 0 saturated heterocycles. The van der Waals surface area contributed by atoms with Gasteiger partial charge in [-0.2, -0.15) is 0 Å². The Bertz CT molecular complexity index is 702. The molecule has 9 heteroatoms. The minimum absolute atomic E-state index is 0.0745. The first-order valence-corrected chi connectivity index (χ1v) is 18.4. The topological polar surface area (TPSA) is 128 Å². The maximum absolute atomic E-state index is 11.8. The molecule has 0 heterocycles. The number of hydrogen-bond acceptors (Lipinski definition) is 7. The predicted molar refractivity (Wildman–Crippen MR) is 173 cm³/mol. The molecule has 2 atom stereocenters. The van der Waals surface area contributed by atoms with E-state index in [1.54, 1.807) is 0 Å². The number of hydrogen-bond donors (Lipinski definition) is 3. The van der Waals surface area contributed by atoms with E-state index in [2.05, 4.69) is 40.3 Å². The normalized spacial score (nSPS) is 14.1. The van der Waals surface area contributed by atoms with Crippen molar-refractivity contribution in [3.05, 3.63) is 24.3 Å². The summed E-state index contributed by atoms with van der Waals surface area (Å²) in [6.07, 6.45) is 34.7. The maximum Gasteiger partial charge on any atom is 0.472 e. The first-order valence-electron chi connectivity index (χ1n) is 16.9. The second-order valence-electron chi connectivity index (χ2n) is 11.2. The second-order valence-corrected chi connectivity index (χ2v) is 12.7. The van der Waals surface area contributed by atoms with E-state index in [0.717, 1.165) is 25.7 Å². The first kappa shape index (κ1) is 41.0. The zero-order valence-corrected chi connectivity index (χ0v) is 27.6. The SMILES string of the molecule is CCCCCCC/C=C\C/C=C\CCCCCCCCCCCCCCCC(=O)OCC(O)COP(=O)(O)OCCN. The summed E-state index contributed by atoms with van der Waals surface area (Å²) in [5, 5.41) is 9.73. The molecule has 0 aliphatic carbocycles. The van der Waals surface area contributed by atoms with Crippen molar-refractivity contribution >= 4 is 13.8 Å². The largest absolute Gasteiger partial charge is 0.472 e. The van der Waals surface area contributed by atoms with Gasteiger partial charge < -0.3 is 20.5 Å². The smallest absolute Gasteiger partial charge is 0.463 e. The van der Waals surface area contributed by atoms with E-state index in [0.29, 0.717) is 6.42 Å². The lowest BCUT2D eigenvalue weighted by Gasteiger charge is -2.15. The van der Waals surface area contributed by atoms with Gasteiger partial charge in [-0.3, -0.25) is 13.8 Å². The lowest BCUT2D eigenvalue weighted by Crippen LogP contribution is -2.23. The minimum Gasteiger partial charge on any atom is -0.463 e. The van der Waals surface area contributed by atoms with Crippen molar-refractivity contribution in [3.8, 4) is 0 Å². The monoisotopic (exact) mass is 617 g/mol. The first-order chi connectivity index (χ1) is 20.4. The van der Waals surface area contributed by atoms with Crippen LogP contribution in [0.3, 0.4) is 0 Å². The molecule has 0 saturated carbocycles. The van der Waals surface area contributed by atoms with E-state index in [1.807, 2.05) is 0 Å². The number of unbranched alkanes of at least 4 members (excludes halogenated alkanes) is 18. The number of carbonyl (C=O) groups excluding carboxylic acids is 1. The molecular weight excluding hydrogens is 553 g/mol. The van der Waals surface area contributed by atoms with Crippen molar-refractivity contribution in [3.63, 3.8) is 0 Å². The molecule has 0 aliphatic heterocycles. The van der Waals surface area contributed by atoms with E-state index >= 15 is 0 Å². The highest BCUT2D eigenvalue weighted by Gasteiger charge is 2.22. The Kier molecular flexibility index (Phi) is 30.6. The summed E-state index contributed by atoms with van der Waals surface area (Å²) in [6, 6.07) is 0. The fraction of sp³-hybridized carbons (Fsp3) is 0.848. The molecule has 0 aromatic rings. The van der Waals surface area contributed by atoms with Gasteiger partial charge in [0.15, 0.2) is 0 Å². The Morgan fingerprint density at radius 1 is 0.714 bits per heavy atom. The highest BCUT2D eigenvalue weighted by molar-refractivity contribution is 7.47. The standard InChI is InChI=1S/C33H64NO7P/c1-2-3-4-5-6-7-8-9-10-11-12-13-14-15-16-17-18-19-20-21-22-23-24-25-26-27-33(36)39-30-32(35)31-41-42(37,38)40-29-28-34/h8-9,11-12,32,35H,2-7,10,13-31,34H2,1H3,(H,37,38)/b9-8-,12-11-. The third kappa shape index (κ3) is 31.9. The van der Waals surface area contributed by atoms with Crippen molar-refractivity contribution in [2.45, 2.75) is 154 Å². The molecule has 0 fully saturated rings. The van der Waals surface area contributed by atoms with Crippen molar-refractivity contribution in [2.75, 3.05) is 26.4 Å². The van der Waals surface area contributed by atoms with Crippen LogP contribution in [-0.4, -0.2) is 48.4 Å². The molecule has 0 rings (SSSR count). The van der Waals surface area contributed by atoms with Crippen LogP contribution in [0.1, 0.15) is 148 Å². The highest BCUT2D eigenvalue weighted by Crippen LogP contribution is 2.42. The van der Waals surface area contributed by atoms with Crippen LogP contribution in [0, 0.1) is 0 Å². The number of ether oxygens (including phenoxy) is 1. The molecule has 8 nitrogen and oxygen atoms in total. The molecule has 0 bridgehead atoms. The van der Waals surface area contributed by atoms with E-state index in [1.165, 1.54) is 109 Å². The van der Waals surface area contributed by atoms with Gasteiger partial charge in [-0.25, -0.2) is 4.57 Å². The molecule has 2 unspecified atom stereocenters. The second kappa shape index (κ2) is 31.4. The van der Waals surface area contributed by atoms with Crippen LogP contribution in [0.25, 0.3) is 0 Å². The summed E-state index contributed by atoms with van der Waals surface area (Å²) >= 11 is 0. The van der Waals surface area contributed by atoms with E-state index < -0.39 is 20.5 Å². The summed E-state index contributed by atoms with van der Waals surface area (Å²) in [6.45, 7) is 1.45. The Hall–Kier alpha value is -1.02. The zero-order valence-electron chi connectivity index (χ0n) is 26.7. The maximum atomic E-state index is 11.8. The Labute approximate surface area is 257 Å². The lowest BCUT2D eigenvalue weighted by atomic mass is 10.0. The van der Waals surface area contributed by atoms with Crippen LogP contribution in [-0.2, 0) is 23.1 Å². The van der Waals surface area contributed by atoms with Crippen LogP contribution in [0.5, 0.6) is 0 Å². The molecule has 0 radical (unpaired) electrons. The average Bonchev–Trinajstić information content (AvgIpc) is 2.98. The Morgan fingerprint density at radius 2 is 1.19 bits per heavy atom. The van der Waals surface area contributed by atoms with E-state index in [-0.39, 0.29) is 25.7 Å². The van der Waals surface area contributed by atoms with Crippen molar-refractivity contribution in [1.82, 2.24) is 0 Å². The average molecular weight is 618 g/mol. The summed E-state index contributed by atoms with van der Waals surface area (Å²) in [5.41, 5.74) is 5.19. The van der Waals surface area contributed by atoms with Crippen molar-refractivity contribution in [1.29, 1.82) is 0 Å². The highest BCUT2D eigenvalue weighted by atomic mass is 31.2. The number of allylic oxidation sites excluding steroid dienone is 4. The van der Waals surface area contributed by atoms with E-state index in [4.69, 9.17) is 10.5 Å². The summed E-state index contributed by atoms with van der Waals surface area (Å²) in [4.78, 5) is 21.2. The van der Waals surface area contributed by atoms with Gasteiger partial charge in [0.2, 0.25) is 0 Å². The van der Waals surface area contributed by atoms with Crippen molar-refractivity contribution in [2.24, 2.45) is 5.73 Å². The molecular formula is C33H64NO7P. The number of aliphatic hydroxyl groups excluding tert-OH is 1.